The van der Waals surface area contributed by atoms with Crippen molar-refractivity contribution in [2.45, 2.75) is 19.9 Å². The minimum Gasteiger partial charge on any atom is -0.497 e. The largest absolute Gasteiger partial charge is 0.497 e. The number of ether oxygens (including phenoxy) is 2. The number of anilines is 1. The van der Waals surface area contributed by atoms with Gasteiger partial charge in [0.05, 0.1) is 14.2 Å². The van der Waals surface area contributed by atoms with Crippen molar-refractivity contribution < 1.29 is 19.1 Å². The van der Waals surface area contributed by atoms with Crippen LogP contribution in [0.5, 0.6) is 11.5 Å². The molecule has 27 heavy (non-hydrogen) atoms. The molecule has 6 nitrogen and oxygen atoms in total. The van der Waals surface area contributed by atoms with Gasteiger partial charge in [0.25, 0.3) is 5.91 Å². The van der Waals surface area contributed by atoms with Crippen molar-refractivity contribution in [2.24, 2.45) is 5.92 Å². The molecule has 2 N–H and O–H groups in total. The minimum absolute atomic E-state index is 0.117. The maximum absolute atomic E-state index is 12.7. The molecule has 1 atom stereocenters. The number of rotatable bonds is 7. The summed E-state index contributed by atoms with van der Waals surface area (Å²) in [5.74, 6) is 0.312. The Morgan fingerprint density at radius 3 is 2.00 bits per heavy atom. The Hall–Kier alpha value is -2.73. The van der Waals surface area contributed by atoms with Gasteiger partial charge in [0.1, 0.15) is 17.5 Å². The van der Waals surface area contributed by atoms with Crippen LogP contribution >= 0.6 is 11.6 Å². The van der Waals surface area contributed by atoms with Crippen LogP contribution in [0.1, 0.15) is 24.2 Å². The molecular formula is C20H23ClN2O4. The lowest BCUT2D eigenvalue weighted by Gasteiger charge is -2.22. The second-order valence-electron chi connectivity index (χ2n) is 6.29. The van der Waals surface area contributed by atoms with Crippen LogP contribution in [0.15, 0.2) is 42.5 Å². The predicted octanol–water partition coefficient (Wildman–Crippen LogP) is 3.75. The topological polar surface area (TPSA) is 76.7 Å². The Morgan fingerprint density at radius 1 is 0.963 bits per heavy atom. The molecule has 7 heteroatoms. The first-order chi connectivity index (χ1) is 12.8. The Morgan fingerprint density at radius 2 is 1.52 bits per heavy atom. The molecular weight excluding hydrogens is 368 g/mol. The molecule has 0 aliphatic heterocycles. The molecule has 0 saturated carbocycles. The lowest BCUT2D eigenvalue weighted by atomic mass is 10.0. The summed E-state index contributed by atoms with van der Waals surface area (Å²) in [7, 11) is 3.06. The standard InChI is InChI=1S/C20H23ClN2O4/c1-12(2)18(23-19(24)13-5-7-14(21)8-6-13)20(25)22-15-9-16(26-3)11-17(10-15)27-4/h5-12,18H,1-4H3,(H,22,25)(H,23,24)/t18-/m0/s1. The second kappa shape index (κ2) is 9.28. The van der Waals surface area contributed by atoms with Crippen molar-refractivity contribution in [3.8, 4) is 11.5 Å². The summed E-state index contributed by atoms with van der Waals surface area (Å²) in [6.45, 7) is 3.72. The predicted molar refractivity (Wildman–Crippen MR) is 106 cm³/mol. The fourth-order valence-electron chi connectivity index (χ4n) is 2.46. The zero-order chi connectivity index (χ0) is 20.0. The Kier molecular flexibility index (Phi) is 7.07. The maximum Gasteiger partial charge on any atom is 0.251 e. The summed E-state index contributed by atoms with van der Waals surface area (Å²) < 4.78 is 10.4. The number of hydrogen-bond acceptors (Lipinski definition) is 4. The molecule has 0 aliphatic rings. The summed E-state index contributed by atoms with van der Waals surface area (Å²) in [4.78, 5) is 25.2. The number of methoxy groups -OCH3 is 2. The summed E-state index contributed by atoms with van der Waals surface area (Å²) in [6.07, 6.45) is 0. The highest BCUT2D eigenvalue weighted by Crippen LogP contribution is 2.26. The van der Waals surface area contributed by atoms with E-state index in [4.69, 9.17) is 21.1 Å². The Bertz CT molecular complexity index is 784. The molecule has 0 fully saturated rings. The lowest BCUT2D eigenvalue weighted by molar-refractivity contribution is -0.118. The number of carbonyl (C=O) groups is 2. The first-order valence-corrected chi connectivity index (χ1v) is 8.82. The number of halogens is 1. The zero-order valence-corrected chi connectivity index (χ0v) is 16.5. The fourth-order valence-corrected chi connectivity index (χ4v) is 2.59. The molecule has 2 aromatic carbocycles. The molecule has 0 aromatic heterocycles. The van der Waals surface area contributed by atoms with Crippen molar-refractivity contribution in [3.63, 3.8) is 0 Å². The van der Waals surface area contributed by atoms with Gasteiger partial charge >= 0.3 is 0 Å². The average molecular weight is 391 g/mol. The van der Waals surface area contributed by atoms with E-state index >= 15 is 0 Å². The third-order valence-corrected chi connectivity index (χ3v) is 4.21. The van der Waals surface area contributed by atoms with Crippen molar-refractivity contribution in [3.05, 3.63) is 53.1 Å². The van der Waals surface area contributed by atoms with Gasteiger partial charge in [-0.1, -0.05) is 25.4 Å². The molecule has 0 radical (unpaired) electrons. The average Bonchev–Trinajstić information content (AvgIpc) is 2.65. The maximum atomic E-state index is 12.7. The van der Waals surface area contributed by atoms with Crippen LogP contribution < -0.4 is 20.1 Å². The van der Waals surface area contributed by atoms with Crippen LogP contribution in [0, 0.1) is 5.92 Å². The Labute approximate surface area is 163 Å². The van der Waals surface area contributed by atoms with E-state index in [9.17, 15) is 9.59 Å². The first kappa shape index (κ1) is 20.6. The van der Waals surface area contributed by atoms with E-state index in [1.165, 1.54) is 14.2 Å². The van der Waals surface area contributed by atoms with Crippen LogP contribution in [0.2, 0.25) is 5.02 Å². The van der Waals surface area contributed by atoms with Crippen LogP contribution in [0.3, 0.4) is 0 Å². The number of carbonyl (C=O) groups excluding carboxylic acids is 2. The molecule has 2 aromatic rings. The van der Waals surface area contributed by atoms with Crippen LogP contribution in [-0.2, 0) is 4.79 Å². The molecule has 0 aliphatic carbocycles. The number of amides is 2. The van der Waals surface area contributed by atoms with Crippen LogP contribution in [0.25, 0.3) is 0 Å². The highest BCUT2D eigenvalue weighted by atomic mass is 35.5. The number of hydrogen-bond donors (Lipinski definition) is 2. The Balaban J connectivity index is 2.15. The van der Waals surface area contributed by atoms with Crippen molar-refractivity contribution in [1.29, 1.82) is 0 Å². The lowest BCUT2D eigenvalue weighted by Crippen LogP contribution is -2.47. The van der Waals surface area contributed by atoms with Crippen molar-refractivity contribution in [1.82, 2.24) is 5.32 Å². The highest BCUT2D eigenvalue weighted by Gasteiger charge is 2.25. The molecule has 0 saturated heterocycles. The van der Waals surface area contributed by atoms with Gasteiger partial charge in [-0.2, -0.15) is 0 Å². The quantitative estimate of drug-likeness (QED) is 0.754. The molecule has 144 valence electrons. The van der Waals surface area contributed by atoms with E-state index in [0.717, 1.165) is 0 Å². The van der Waals surface area contributed by atoms with Crippen molar-refractivity contribution >= 4 is 29.1 Å². The summed E-state index contributed by atoms with van der Waals surface area (Å²) >= 11 is 5.85. The summed E-state index contributed by atoms with van der Waals surface area (Å²) in [5.41, 5.74) is 0.948. The molecule has 0 spiro atoms. The first-order valence-electron chi connectivity index (χ1n) is 8.44. The van der Waals surface area contributed by atoms with Gasteiger partial charge in [-0.15, -0.1) is 0 Å². The van der Waals surface area contributed by atoms with E-state index in [0.29, 0.717) is 27.8 Å². The van der Waals surface area contributed by atoms with Gasteiger partial charge in [0.15, 0.2) is 0 Å². The van der Waals surface area contributed by atoms with E-state index in [1.54, 1.807) is 42.5 Å². The zero-order valence-electron chi connectivity index (χ0n) is 15.7. The van der Waals surface area contributed by atoms with Crippen LogP contribution in [-0.4, -0.2) is 32.1 Å². The normalized spacial score (nSPS) is 11.6. The van der Waals surface area contributed by atoms with Gasteiger partial charge in [0.2, 0.25) is 5.91 Å². The minimum atomic E-state index is -0.717. The summed E-state index contributed by atoms with van der Waals surface area (Å²) in [6, 6.07) is 10.8. The van der Waals surface area contributed by atoms with Gasteiger partial charge in [-0.25, -0.2) is 0 Å². The van der Waals surface area contributed by atoms with Crippen molar-refractivity contribution in [2.75, 3.05) is 19.5 Å². The van der Waals surface area contributed by atoms with E-state index in [2.05, 4.69) is 10.6 Å². The molecule has 2 rings (SSSR count). The molecule has 0 unspecified atom stereocenters. The molecule has 0 bridgehead atoms. The summed E-state index contributed by atoms with van der Waals surface area (Å²) in [5, 5.41) is 6.12. The van der Waals surface area contributed by atoms with Gasteiger partial charge in [-0.3, -0.25) is 9.59 Å². The van der Waals surface area contributed by atoms with Gasteiger partial charge in [-0.05, 0) is 30.2 Å². The van der Waals surface area contributed by atoms with Crippen LogP contribution in [0.4, 0.5) is 5.69 Å². The van der Waals surface area contributed by atoms with Gasteiger partial charge in [0, 0.05) is 34.5 Å². The van der Waals surface area contributed by atoms with Gasteiger partial charge < -0.3 is 20.1 Å². The fraction of sp³-hybridized carbons (Fsp3) is 0.300. The highest BCUT2D eigenvalue weighted by molar-refractivity contribution is 6.30. The SMILES string of the molecule is COc1cc(NC(=O)[C@@H](NC(=O)c2ccc(Cl)cc2)C(C)C)cc(OC)c1. The molecule has 0 heterocycles. The van der Waals surface area contributed by atoms with E-state index < -0.39 is 6.04 Å². The third kappa shape index (κ3) is 5.62. The third-order valence-electron chi connectivity index (χ3n) is 3.96. The smallest absolute Gasteiger partial charge is 0.251 e. The van der Waals surface area contributed by atoms with E-state index in [-0.39, 0.29) is 17.7 Å². The van der Waals surface area contributed by atoms with E-state index in [1.807, 2.05) is 13.8 Å². The monoisotopic (exact) mass is 390 g/mol. The number of nitrogens with one attached hydrogen (secondary N) is 2. The second-order valence-corrected chi connectivity index (χ2v) is 6.73. The molecule has 2 amide bonds. The number of benzene rings is 2.